The minimum absolute atomic E-state index is 0.109. The molecule has 0 aliphatic carbocycles. The largest absolute Gasteiger partial charge is 0.491 e. The number of hydrogen-bond acceptors (Lipinski definition) is 3. The third-order valence-electron chi connectivity index (χ3n) is 3.49. The van der Waals surface area contributed by atoms with Crippen molar-refractivity contribution in [3.05, 3.63) is 24.3 Å². The molecule has 20 heavy (non-hydrogen) atoms. The Kier molecular flexibility index (Phi) is 5.01. The molecular weight excluding hydrogens is 252 g/mol. The van der Waals surface area contributed by atoms with Gasteiger partial charge in [0.15, 0.2) is 0 Å². The lowest BCUT2D eigenvalue weighted by molar-refractivity contribution is -0.120. The standard InChI is InChI=1S/C16H24N2O2/c1-11(2)20-15-6-4-14(5-7-15)18-16(19)13-8-9-17-12(3)10-13/h4-7,11-13,17H,8-10H2,1-3H3,(H,18,19). The Bertz CT molecular complexity index is 442. The summed E-state index contributed by atoms with van der Waals surface area (Å²) in [5.41, 5.74) is 0.831. The molecule has 110 valence electrons. The van der Waals surface area contributed by atoms with Gasteiger partial charge in [-0.3, -0.25) is 4.79 Å². The highest BCUT2D eigenvalue weighted by molar-refractivity contribution is 5.92. The van der Waals surface area contributed by atoms with Crippen molar-refractivity contribution in [2.24, 2.45) is 5.92 Å². The Morgan fingerprint density at radius 1 is 1.35 bits per heavy atom. The van der Waals surface area contributed by atoms with Crippen molar-refractivity contribution >= 4 is 11.6 Å². The molecule has 1 saturated heterocycles. The topological polar surface area (TPSA) is 50.4 Å². The average Bonchev–Trinajstić information content (AvgIpc) is 2.40. The van der Waals surface area contributed by atoms with Crippen LogP contribution in [0.1, 0.15) is 33.6 Å². The summed E-state index contributed by atoms with van der Waals surface area (Å²) in [5.74, 6) is 1.06. The molecule has 2 rings (SSSR count). The van der Waals surface area contributed by atoms with Gasteiger partial charge in [0.25, 0.3) is 0 Å². The molecule has 1 aliphatic heterocycles. The first kappa shape index (κ1) is 14.9. The van der Waals surface area contributed by atoms with Crippen molar-refractivity contribution in [3.8, 4) is 5.75 Å². The molecule has 0 aromatic heterocycles. The van der Waals surface area contributed by atoms with Crippen LogP contribution in [0.4, 0.5) is 5.69 Å². The van der Waals surface area contributed by atoms with E-state index in [1.165, 1.54) is 0 Å². The van der Waals surface area contributed by atoms with E-state index in [9.17, 15) is 4.79 Å². The van der Waals surface area contributed by atoms with Crippen molar-refractivity contribution in [2.45, 2.75) is 45.8 Å². The molecule has 2 N–H and O–H groups in total. The Morgan fingerprint density at radius 2 is 2.05 bits per heavy atom. The van der Waals surface area contributed by atoms with E-state index in [4.69, 9.17) is 4.74 Å². The number of rotatable bonds is 4. The quantitative estimate of drug-likeness (QED) is 0.889. The lowest BCUT2D eigenvalue weighted by Crippen LogP contribution is -2.40. The average molecular weight is 276 g/mol. The molecule has 1 aromatic carbocycles. The number of piperidine rings is 1. The van der Waals surface area contributed by atoms with Crippen molar-refractivity contribution in [2.75, 3.05) is 11.9 Å². The number of hydrogen-bond donors (Lipinski definition) is 2. The van der Waals surface area contributed by atoms with Gasteiger partial charge in [-0.05, 0) is 64.4 Å². The first-order valence-corrected chi connectivity index (χ1v) is 7.35. The fourth-order valence-electron chi connectivity index (χ4n) is 2.50. The molecule has 0 spiro atoms. The zero-order valence-electron chi connectivity index (χ0n) is 12.5. The summed E-state index contributed by atoms with van der Waals surface area (Å²) in [7, 11) is 0. The number of nitrogens with one attached hydrogen (secondary N) is 2. The number of ether oxygens (including phenoxy) is 1. The fraction of sp³-hybridized carbons (Fsp3) is 0.562. The van der Waals surface area contributed by atoms with E-state index in [2.05, 4.69) is 17.6 Å². The summed E-state index contributed by atoms with van der Waals surface area (Å²) in [6.45, 7) is 7.03. The third-order valence-corrected chi connectivity index (χ3v) is 3.49. The van der Waals surface area contributed by atoms with Gasteiger partial charge in [0.2, 0.25) is 5.91 Å². The minimum atomic E-state index is 0.109. The SMILES string of the molecule is CC1CC(C(=O)Nc2ccc(OC(C)C)cc2)CCN1. The molecule has 4 nitrogen and oxygen atoms in total. The first-order chi connectivity index (χ1) is 9.54. The maximum Gasteiger partial charge on any atom is 0.227 e. The van der Waals surface area contributed by atoms with Crippen molar-refractivity contribution < 1.29 is 9.53 Å². The van der Waals surface area contributed by atoms with Gasteiger partial charge in [0, 0.05) is 17.6 Å². The summed E-state index contributed by atoms with van der Waals surface area (Å²) < 4.78 is 5.58. The van der Waals surface area contributed by atoms with Gasteiger partial charge < -0.3 is 15.4 Å². The number of carbonyl (C=O) groups is 1. The second-order valence-electron chi connectivity index (χ2n) is 5.76. The Morgan fingerprint density at radius 3 is 2.65 bits per heavy atom. The molecule has 0 saturated carbocycles. The van der Waals surface area contributed by atoms with Crippen molar-refractivity contribution in [3.63, 3.8) is 0 Å². The van der Waals surface area contributed by atoms with Crippen LogP contribution < -0.4 is 15.4 Å². The van der Waals surface area contributed by atoms with Crippen LogP contribution in [0.15, 0.2) is 24.3 Å². The van der Waals surface area contributed by atoms with Crippen LogP contribution in [-0.2, 0) is 4.79 Å². The van der Waals surface area contributed by atoms with Gasteiger partial charge >= 0.3 is 0 Å². The van der Waals surface area contributed by atoms with E-state index >= 15 is 0 Å². The third kappa shape index (κ3) is 4.23. The molecule has 1 amide bonds. The van der Waals surface area contributed by atoms with Gasteiger partial charge in [-0.15, -0.1) is 0 Å². The van der Waals surface area contributed by atoms with Crippen molar-refractivity contribution in [1.82, 2.24) is 5.32 Å². The summed E-state index contributed by atoms with van der Waals surface area (Å²) >= 11 is 0. The van der Waals surface area contributed by atoms with Crippen molar-refractivity contribution in [1.29, 1.82) is 0 Å². The lowest BCUT2D eigenvalue weighted by atomic mass is 9.92. The maximum absolute atomic E-state index is 12.2. The fourth-order valence-corrected chi connectivity index (χ4v) is 2.50. The van der Waals surface area contributed by atoms with Gasteiger partial charge in [-0.1, -0.05) is 0 Å². The van der Waals surface area contributed by atoms with Crippen LogP contribution in [-0.4, -0.2) is 24.6 Å². The van der Waals surface area contributed by atoms with Gasteiger partial charge in [-0.25, -0.2) is 0 Å². The zero-order valence-corrected chi connectivity index (χ0v) is 12.5. The molecule has 1 aliphatic rings. The molecular formula is C16H24N2O2. The van der Waals surface area contributed by atoms with Gasteiger partial charge in [-0.2, -0.15) is 0 Å². The first-order valence-electron chi connectivity index (χ1n) is 7.35. The maximum atomic E-state index is 12.2. The molecule has 2 atom stereocenters. The highest BCUT2D eigenvalue weighted by Crippen LogP contribution is 2.20. The molecule has 4 heteroatoms. The molecule has 1 heterocycles. The Labute approximate surface area is 120 Å². The van der Waals surface area contributed by atoms with E-state index in [0.717, 1.165) is 30.8 Å². The minimum Gasteiger partial charge on any atom is -0.491 e. The number of amides is 1. The zero-order chi connectivity index (χ0) is 14.5. The van der Waals surface area contributed by atoms with Gasteiger partial charge in [0.05, 0.1) is 6.10 Å². The summed E-state index contributed by atoms with van der Waals surface area (Å²) in [5, 5.41) is 6.35. The highest BCUT2D eigenvalue weighted by Gasteiger charge is 2.24. The highest BCUT2D eigenvalue weighted by atomic mass is 16.5. The van der Waals surface area contributed by atoms with E-state index < -0.39 is 0 Å². The van der Waals surface area contributed by atoms with E-state index in [1.807, 2.05) is 38.1 Å². The smallest absolute Gasteiger partial charge is 0.227 e. The summed E-state index contributed by atoms with van der Waals surface area (Å²) in [6.07, 6.45) is 1.97. The van der Waals surface area contributed by atoms with Crippen LogP contribution in [0.5, 0.6) is 5.75 Å². The van der Waals surface area contributed by atoms with Crippen LogP contribution in [0, 0.1) is 5.92 Å². The molecule has 1 fully saturated rings. The van der Waals surface area contributed by atoms with Crippen LogP contribution >= 0.6 is 0 Å². The number of carbonyl (C=O) groups excluding carboxylic acids is 1. The second kappa shape index (κ2) is 6.75. The van der Waals surface area contributed by atoms with Crippen LogP contribution in [0.25, 0.3) is 0 Å². The predicted octanol–water partition coefficient (Wildman–Crippen LogP) is 2.80. The summed E-state index contributed by atoms with van der Waals surface area (Å²) in [6, 6.07) is 7.97. The second-order valence-corrected chi connectivity index (χ2v) is 5.76. The molecule has 2 unspecified atom stereocenters. The summed E-state index contributed by atoms with van der Waals surface area (Å²) in [4.78, 5) is 12.2. The predicted molar refractivity (Wildman–Crippen MR) is 81.0 cm³/mol. The lowest BCUT2D eigenvalue weighted by Gasteiger charge is -2.27. The monoisotopic (exact) mass is 276 g/mol. The normalized spacial score (nSPS) is 22.6. The number of anilines is 1. The van der Waals surface area contributed by atoms with Crippen LogP contribution in [0.2, 0.25) is 0 Å². The van der Waals surface area contributed by atoms with E-state index in [1.54, 1.807) is 0 Å². The van der Waals surface area contributed by atoms with E-state index in [0.29, 0.717) is 6.04 Å². The molecule has 0 bridgehead atoms. The molecule has 0 radical (unpaired) electrons. The number of benzene rings is 1. The Balaban J connectivity index is 1.90. The molecule has 1 aromatic rings. The Hall–Kier alpha value is -1.55. The van der Waals surface area contributed by atoms with Gasteiger partial charge in [0.1, 0.15) is 5.75 Å². The van der Waals surface area contributed by atoms with E-state index in [-0.39, 0.29) is 17.9 Å². The van der Waals surface area contributed by atoms with Crippen LogP contribution in [0.3, 0.4) is 0 Å².